The molecule has 2 heterocycles. The van der Waals surface area contributed by atoms with Crippen molar-refractivity contribution in [3.05, 3.63) is 22.4 Å². The lowest BCUT2D eigenvalue weighted by atomic mass is 9.93. The zero-order valence-electron chi connectivity index (χ0n) is 9.86. The molecule has 0 atom stereocenters. The molecule has 0 aromatic carbocycles. The van der Waals surface area contributed by atoms with Crippen LogP contribution in [-0.2, 0) is 15.1 Å². The van der Waals surface area contributed by atoms with Crippen molar-refractivity contribution in [3.63, 3.8) is 0 Å². The molecule has 0 aliphatic carbocycles. The first-order chi connectivity index (χ1) is 8.18. The van der Waals surface area contributed by atoms with Crippen LogP contribution in [0.15, 0.2) is 11.0 Å². The second kappa shape index (κ2) is 4.85. The number of nitrogens with zero attached hydrogens (tertiary/aromatic N) is 1. The molecule has 1 aliphatic rings. The fourth-order valence-corrected chi connectivity index (χ4v) is 2.06. The second-order valence-electron chi connectivity index (χ2n) is 4.06. The highest BCUT2D eigenvalue weighted by molar-refractivity contribution is 5.31. The minimum atomic E-state index is -0.542. The maximum atomic E-state index is 11.5. The molecule has 1 fully saturated rings. The number of hydrogen-bond acceptors (Lipinski definition) is 5. The van der Waals surface area contributed by atoms with E-state index in [0.717, 1.165) is 0 Å². The molecular weight excluding hydrogens is 222 g/mol. The van der Waals surface area contributed by atoms with Crippen LogP contribution in [0.3, 0.4) is 0 Å². The van der Waals surface area contributed by atoms with E-state index in [9.17, 15) is 4.79 Å². The Bertz CT molecular complexity index is 432. The Morgan fingerprint density at radius 3 is 2.88 bits per heavy atom. The maximum Gasteiger partial charge on any atom is 0.274 e. The molecule has 0 radical (unpaired) electrons. The van der Waals surface area contributed by atoms with E-state index in [1.54, 1.807) is 0 Å². The van der Waals surface area contributed by atoms with Crippen LogP contribution in [0.5, 0.6) is 0 Å². The fraction of sp³-hybridized carbons (Fsp3) is 0.636. The molecule has 6 nitrogen and oxygen atoms in total. The van der Waals surface area contributed by atoms with Gasteiger partial charge in [0.15, 0.2) is 0 Å². The van der Waals surface area contributed by atoms with Gasteiger partial charge in [-0.2, -0.15) is 0 Å². The van der Waals surface area contributed by atoms with Gasteiger partial charge in [-0.25, -0.2) is 4.98 Å². The monoisotopic (exact) mass is 239 g/mol. The van der Waals surface area contributed by atoms with Gasteiger partial charge in [-0.05, 0) is 6.92 Å². The van der Waals surface area contributed by atoms with E-state index in [4.69, 9.17) is 15.2 Å². The SMILES string of the molecule is CCOC1(c2ncc(N)c(=O)[nH]2)CCOCC1. The van der Waals surface area contributed by atoms with Crippen molar-refractivity contribution in [2.24, 2.45) is 0 Å². The topological polar surface area (TPSA) is 90.2 Å². The van der Waals surface area contributed by atoms with Crippen LogP contribution < -0.4 is 11.3 Å². The average molecular weight is 239 g/mol. The Hall–Kier alpha value is -1.40. The van der Waals surface area contributed by atoms with Gasteiger partial charge in [0.2, 0.25) is 0 Å². The molecule has 0 bridgehead atoms. The predicted molar refractivity (Wildman–Crippen MR) is 62.6 cm³/mol. The third kappa shape index (κ3) is 2.32. The summed E-state index contributed by atoms with van der Waals surface area (Å²) in [6.07, 6.45) is 2.76. The van der Waals surface area contributed by atoms with Gasteiger partial charge in [0.05, 0.1) is 6.20 Å². The first-order valence-electron chi connectivity index (χ1n) is 5.75. The Labute approximate surface area is 99.1 Å². The largest absolute Gasteiger partial charge is 0.393 e. The Morgan fingerprint density at radius 2 is 2.29 bits per heavy atom. The van der Waals surface area contributed by atoms with Gasteiger partial charge in [-0.15, -0.1) is 0 Å². The lowest BCUT2D eigenvalue weighted by Crippen LogP contribution is -2.39. The third-order valence-corrected chi connectivity index (χ3v) is 2.98. The van der Waals surface area contributed by atoms with E-state index in [1.165, 1.54) is 6.20 Å². The number of nitrogens with two attached hydrogens (primary N) is 1. The first-order valence-corrected chi connectivity index (χ1v) is 5.75. The van der Waals surface area contributed by atoms with E-state index in [2.05, 4.69) is 9.97 Å². The molecule has 1 aliphatic heterocycles. The Balaban J connectivity index is 2.37. The summed E-state index contributed by atoms with van der Waals surface area (Å²) in [4.78, 5) is 18.4. The van der Waals surface area contributed by atoms with Gasteiger partial charge in [0.1, 0.15) is 17.1 Å². The molecular formula is C11H17N3O3. The number of rotatable bonds is 3. The van der Waals surface area contributed by atoms with Crippen molar-refractivity contribution in [3.8, 4) is 0 Å². The summed E-state index contributed by atoms with van der Waals surface area (Å²) in [7, 11) is 0. The number of anilines is 1. The summed E-state index contributed by atoms with van der Waals surface area (Å²) in [6.45, 7) is 3.70. The van der Waals surface area contributed by atoms with Crippen molar-refractivity contribution >= 4 is 5.69 Å². The highest BCUT2D eigenvalue weighted by Crippen LogP contribution is 2.33. The van der Waals surface area contributed by atoms with Crippen LogP contribution in [0.1, 0.15) is 25.6 Å². The van der Waals surface area contributed by atoms with Crippen molar-refractivity contribution in [1.82, 2.24) is 9.97 Å². The minimum Gasteiger partial charge on any atom is -0.393 e. The van der Waals surface area contributed by atoms with Gasteiger partial charge in [-0.1, -0.05) is 0 Å². The van der Waals surface area contributed by atoms with Gasteiger partial charge >= 0.3 is 0 Å². The fourth-order valence-electron chi connectivity index (χ4n) is 2.06. The summed E-state index contributed by atoms with van der Waals surface area (Å²) in [5, 5.41) is 0. The van der Waals surface area contributed by atoms with E-state index < -0.39 is 5.60 Å². The molecule has 1 aromatic heterocycles. The Kier molecular flexibility index (Phi) is 3.44. The molecule has 1 aromatic rings. The van der Waals surface area contributed by atoms with Crippen LogP contribution in [0.4, 0.5) is 5.69 Å². The molecule has 0 amide bonds. The number of nitrogens with one attached hydrogen (secondary N) is 1. The lowest BCUT2D eigenvalue weighted by molar-refractivity contribution is -0.117. The van der Waals surface area contributed by atoms with Crippen LogP contribution in [0.2, 0.25) is 0 Å². The maximum absolute atomic E-state index is 11.5. The average Bonchev–Trinajstić information content (AvgIpc) is 2.34. The standard InChI is InChI=1S/C11H17N3O3/c1-2-17-11(3-5-16-6-4-11)10-13-7-8(12)9(15)14-10/h7H,2-6,12H2,1H3,(H,13,14,15). The number of H-pyrrole nitrogens is 1. The summed E-state index contributed by atoms with van der Waals surface area (Å²) in [5.74, 6) is 0.543. The van der Waals surface area contributed by atoms with Gasteiger partial charge in [0.25, 0.3) is 5.56 Å². The molecule has 0 saturated carbocycles. The van der Waals surface area contributed by atoms with E-state index in [0.29, 0.717) is 38.5 Å². The summed E-state index contributed by atoms with van der Waals surface area (Å²) < 4.78 is 11.1. The van der Waals surface area contributed by atoms with Crippen molar-refractivity contribution in [1.29, 1.82) is 0 Å². The quantitative estimate of drug-likeness (QED) is 0.796. The lowest BCUT2D eigenvalue weighted by Gasteiger charge is -2.35. The van der Waals surface area contributed by atoms with E-state index >= 15 is 0 Å². The number of aromatic amines is 1. The molecule has 6 heteroatoms. The predicted octanol–water partition coefficient (Wildman–Crippen LogP) is 0.394. The highest BCUT2D eigenvalue weighted by atomic mass is 16.5. The number of nitrogen functional groups attached to an aromatic ring is 1. The minimum absolute atomic E-state index is 0.118. The highest BCUT2D eigenvalue weighted by Gasteiger charge is 2.37. The first kappa shape index (κ1) is 12.1. The summed E-state index contributed by atoms with van der Waals surface area (Å²) in [6, 6.07) is 0. The van der Waals surface area contributed by atoms with Crippen LogP contribution in [0, 0.1) is 0 Å². The number of aromatic nitrogens is 2. The third-order valence-electron chi connectivity index (χ3n) is 2.98. The van der Waals surface area contributed by atoms with Crippen molar-refractivity contribution < 1.29 is 9.47 Å². The van der Waals surface area contributed by atoms with Gasteiger partial charge < -0.3 is 20.2 Å². The molecule has 0 unspecified atom stereocenters. The molecule has 0 spiro atoms. The number of hydrogen-bond donors (Lipinski definition) is 2. The van der Waals surface area contributed by atoms with Crippen LogP contribution >= 0.6 is 0 Å². The number of ether oxygens (including phenoxy) is 2. The van der Waals surface area contributed by atoms with Crippen LogP contribution in [0.25, 0.3) is 0 Å². The molecule has 17 heavy (non-hydrogen) atoms. The van der Waals surface area contributed by atoms with Crippen LogP contribution in [-0.4, -0.2) is 29.8 Å². The van der Waals surface area contributed by atoms with Gasteiger partial charge in [0, 0.05) is 32.7 Å². The molecule has 94 valence electrons. The molecule has 1 saturated heterocycles. The van der Waals surface area contributed by atoms with Gasteiger partial charge in [-0.3, -0.25) is 4.79 Å². The Morgan fingerprint density at radius 1 is 1.59 bits per heavy atom. The summed E-state index contributed by atoms with van der Waals surface area (Å²) in [5.41, 5.74) is 4.72. The smallest absolute Gasteiger partial charge is 0.274 e. The van der Waals surface area contributed by atoms with Crippen molar-refractivity contribution in [2.75, 3.05) is 25.6 Å². The normalized spacial score (nSPS) is 19.1. The molecule has 2 rings (SSSR count). The molecule has 3 N–H and O–H groups in total. The zero-order chi connectivity index (χ0) is 12.3. The summed E-state index contributed by atoms with van der Waals surface area (Å²) >= 11 is 0. The zero-order valence-corrected chi connectivity index (χ0v) is 9.86. The van der Waals surface area contributed by atoms with E-state index in [-0.39, 0.29) is 11.2 Å². The van der Waals surface area contributed by atoms with E-state index in [1.807, 2.05) is 6.92 Å². The van der Waals surface area contributed by atoms with Crippen molar-refractivity contribution in [2.45, 2.75) is 25.4 Å². The second-order valence-corrected chi connectivity index (χ2v) is 4.06.